The van der Waals surface area contributed by atoms with Crippen molar-refractivity contribution in [2.75, 3.05) is 13.7 Å². The lowest BCUT2D eigenvalue weighted by Crippen LogP contribution is -1.93. The number of para-hydroxylation sites is 1. The standard InChI is InChI=1S/C23H19N5O3S/c1-3-31-18-7-5-4-6-15(18)21-16(11-24)20-22(32-21)23(26-13-25-20)28-27-12-14-8-9-17(29)19(10-14)30-2/h4-10,13,29H,3,12H2,1-2H3. The molecule has 2 heterocycles. The fourth-order valence-corrected chi connectivity index (χ4v) is 4.37. The summed E-state index contributed by atoms with van der Waals surface area (Å²) in [5, 5.41) is 28.1. The van der Waals surface area contributed by atoms with E-state index in [0.29, 0.717) is 39.7 Å². The summed E-state index contributed by atoms with van der Waals surface area (Å²) in [6.07, 6.45) is 1.38. The fourth-order valence-electron chi connectivity index (χ4n) is 3.20. The van der Waals surface area contributed by atoms with Crippen LogP contribution in [0.15, 0.2) is 59.0 Å². The smallest absolute Gasteiger partial charge is 0.195 e. The van der Waals surface area contributed by atoms with Crippen molar-refractivity contribution in [1.82, 2.24) is 9.97 Å². The van der Waals surface area contributed by atoms with E-state index < -0.39 is 0 Å². The van der Waals surface area contributed by atoms with Gasteiger partial charge in [-0.3, -0.25) is 0 Å². The molecule has 0 saturated carbocycles. The van der Waals surface area contributed by atoms with E-state index in [1.807, 2.05) is 31.2 Å². The molecule has 8 nitrogen and oxygen atoms in total. The second-order valence-corrected chi connectivity index (χ2v) is 7.65. The van der Waals surface area contributed by atoms with Crippen LogP contribution in [0.2, 0.25) is 0 Å². The van der Waals surface area contributed by atoms with E-state index in [4.69, 9.17) is 9.47 Å². The molecule has 0 saturated heterocycles. The number of benzene rings is 2. The molecule has 0 radical (unpaired) electrons. The normalized spacial score (nSPS) is 11.0. The molecule has 0 unspecified atom stereocenters. The Morgan fingerprint density at radius 1 is 1.16 bits per heavy atom. The van der Waals surface area contributed by atoms with Crippen molar-refractivity contribution >= 4 is 27.4 Å². The molecule has 0 bridgehead atoms. The van der Waals surface area contributed by atoms with Crippen LogP contribution in [0.1, 0.15) is 18.1 Å². The van der Waals surface area contributed by atoms with Crippen LogP contribution in [-0.2, 0) is 6.54 Å². The zero-order valence-corrected chi connectivity index (χ0v) is 18.3. The van der Waals surface area contributed by atoms with Crippen molar-refractivity contribution < 1.29 is 14.6 Å². The van der Waals surface area contributed by atoms with E-state index in [9.17, 15) is 10.4 Å². The SMILES string of the molecule is CCOc1ccccc1-c1sc2c(N=NCc3ccc(O)c(OC)c3)ncnc2c1C#N. The molecule has 160 valence electrons. The number of phenols is 1. The lowest BCUT2D eigenvalue weighted by Gasteiger charge is -2.08. The minimum atomic E-state index is 0.0631. The first-order chi connectivity index (χ1) is 15.7. The van der Waals surface area contributed by atoms with Gasteiger partial charge in [-0.1, -0.05) is 18.2 Å². The number of fused-ring (bicyclic) bond motifs is 1. The first-order valence-corrected chi connectivity index (χ1v) is 10.6. The van der Waals surface area contributed by atoms with Crippen LogP contribution in [0.25, 0.3) is 20.7 Å². The van der Waals surface area contributed by atoms with Gasteiger partial charge in [0.25, 0.3) is 0 Å². The topological polar surface area (TPSA) is 113 Å². The van der Waals surface area contributed by atoms with Crippen molar-refractivity contribution in [3.05, 3.63) is 59.9 Å². The maximum Gasteiger partial charge on any atom is 0.195 e. The fraction of sp³-hybridized carbons (Fsp3) is 0.174. The van der Waals surface area contributed by atoms with Crippen LogP contribution in [0.5, 0.6) is 17.2 Å². The minimum absolute atomic E-state index is 0.0631. The van der Waals surface area contributed by atoms with Crippen LogP contribution < -0.4 is 9.47 Å². The second-order valence-electron chi connectivity index (χ2n) is 6.63. The molecule has 4 rings (SSSR count). The van der Waals surface area contributed by atoms with Gasteiger partial charge in [-0.25, -0.2) is 9.97 Å². The summed E-state index contributed by atoms with van der Waals surface area (Å²) < 4.78 is 11.6. The summed E-state index contributed by atoms with van der Waals surface area (Å²) in [6.45, 7) is 2.71. The Morgan fingerprint density at radius 2 is 2.00 bits per heavy atom. The number of nitrogens with zero attached hydrogens (tertiary/aromatic N) is 5. The average Bonchev–Trinajstić information content (AvgIpc) is 3.20. The van der Waals surface area contributed by atoms with Gasteiger partial charge in [0.2, 0.25) is 0 Å². The molecule has 0 atom stereocenters. The van der Waals surface area contributed by atoms with Crippen molar-refractivity contribution in [2.45, 2.75) is 13.5 Å². The number of aromatic nitrogens is 2. The third-order valence-electron chi connectivity index (χ3n) is 4.66. The van der Waals surface area contributed by atoms with E-state index >= 15 is 0 Å². The minimum Gasteiger partial charge on any atom is -0.504 e. The van der Waals surface area contributed by atoms with E-state index in [1.54, 1.807) is 18.2 Å². The Bertz CT molecular complexity index is 1340. The van der Waals surface area contributed by atoms with Gasteiger partial charge in [0.1, 0.15) is 28.4 Å². The Kier molecular flexibility index (Phi) is 6.24. The molecule has 0 spiro atoms. The Balaban J connectivity index is 1.72. The zero-order chi connectivity index (χ0) is 22.5. The lowest BCUT2D eigenvalue weighted by molar-refractivity contribution is 0.341. The molecule has 9 heteroatoms. The first-order valence-electron chi connectivity index (χ1n) is 9.79. The Morgan fingerprint density at radius 3 is 2.78 bits per heavy atom. The van der Waals surface area contributed by atoms with Gasteiger partial charge >= 0.3 is 0 Å². The third-order valence-corrected chi connectivity index (χ3v) is 5.87. The summed E-state index contributed by atoms with van der Waals surface area (Å²) in [5.41, 5.74) is 2.64. The third kappa shape index (κ3) is 4.08. The molecule has 0 amide bonds. The highest BCUT2D eigenvalue weighted by Crippen LogP contribution is 2.43. The summed E-state index contributed by atoms with van der Waals surface area (Å²) in [4.78, 5) is 9.34. The van der Waals surface area contributed by atoms with E-state index in [-0.39, 0.29) is 12.3 Å². The highest BCUT2D eigenvalue weighted by atomic mass is 32.1. The zero-order valence-electron chi connectivity index (χ0n) is 17.4. The maximum absolute atomic E-state index is 9.84. The number of phenolic OH excluding ortho intramolecular Hbond substituents is 1. The summed E-state index contributed by atoms with van der Waals surface area (Å²) in [5.74, 6) is 1.53. The number of rotatable bonds is 7. The van der Waals surface area contributed by atoms with Crippen LogP contribution in [0.4, 0.5) is 5.82 Å². The molecule has 2 aromatic heterocycles. The summed E-state index contributed by atoms with van der Waals surface area (Å²) in [7, 11) is 1.49. The molecule has 0 aliphatic heterocycles. The van der Waals surface area contributed by atoms with Gasteiger partial charge in [-0.15, -0.1) is 16.5 Å². The average molecular weight is 446 g/mol. The van der Waals surface area contributed by atoms with E-state index in [2.05, 4.69) is 26.3 Å². The number of nitriles is 1. The molecular formula is C23H19N5O3S. The molecule has 0 fully saturated rings. The maximum atomic E-state index is 9.84. The molecule has 0 aliphatic carbocycles. The second kappa shape index (κ2) is 9.41. The van der Waals surface area contributed by atoms with Crippen molar-refractivity contribution in [3.63, 3.8) is 0 Å². The van der Waals surface area contributed by atoms with E-state index in [1.165, 1.54) is 24.8 Å². The quantitative estimate of drug-likeness (QED) is 0.369. The van der Waals surface area contributed by atoms with Crippen molar-refractivity contribution in [1.29, 1.82) is 5.26 Å². The molecule has 1 N–H and O–H groups in total. The van der Waals surface area contributed by atoms with Crippen molar-refractivity contribution in [3.8, 4) is 33.8 Å². The highest BCUT2D eigenvalue weighted by Gasteiger charge is 2.20. The largest absolute Gasteiger partial charge is 0.504 e. The van der Waals surface area contributed by atoms with Crippen LogP contribution in [-0.4, -0.2) is 28.8 Å². The molecule has 2 aromatic carbocycles. The Labute approximate surface area is 188 Å². The number of methoxy groups -OCH3 is 1. The lowest BCUT2D eigenvalue weighted by atomic mass is 10.1. The predicted octanol–water partition coefficient (Wildman–Crippen LogP) is 5.63. The number of thiophene rings is 1. The summed E-state index contributed by atoms with van der Waals surface area (Å²) in [6, 6.07) is 14.9. The molecule has 32 heavy (non-hydrogen) atoms. The van der Waals surface area contributed by atoms with Crippen molar-refractivity contribution in [2.24, 2.45) is 10.2 Å². The van der Waals surface area contributed by atoms with Gasteiger partial charge in [-0.05, 0) is 36.8 Å². The van der Waals surface area contributed by atoms with Gasteiger partial charge in [0.05, 0.1) is 30.7 Å². The predicted molar refractivity (Wildman–Crippen MR) is 122 cm³/mol. The number of hydrogen-bond donors (Lipinski definition) is 1. The monoisotopic (exact) mass is 445 g/mol. The highest BCUT2D eigenvalue weighted by molar-refractivity contribution is 7.23. The van der Waals surface area contributed by atoms with Crippen LogP contribution in [0.3, 0.4) is 0 Å². The van der Waals surface area contributed by atoms with Gasteiger partial charge in [-0.2, -0.15) is 10.4 Å². The molecule has 4 aromatic rings. The number of azo groups is 1. The van der Waals surface area contributed by atoms with Gasteiger partial charge < -0.3 is 14.6 Å². The first kappa shape index (κ1) is 21.2. The number of ether oxygens (including phenoxy) is 2. The molecule has 0 aliphatic rings. The molecular weight excluding hydrogens is 426 g/mol. The van der Waals surface area contributed by atoms with E-state index in [0.717, 1.165) is 16.0 Å². The van der Waals surface area contributed by atoms with Gasteiger partial charge in [0, 0.05) is 5.56 Å². The Hall–Kier alpha value is -4.03. The van der Waals surface area contributed by atoms with Crippen LogP contribution >= 0.6 is 11.3 Å². The summed E-state index contributed by atoms with van der Waals surface area (Å²) >= 11 is 1.39. The van der Waals surface area contributed by atoms with Gasteiger partial charge in [0.15, 0.2) is 17.3 Å². The van der Waals surface area contributed by atoms with Crippen LogP contribution in [0, 0.1) is 11.3 Å². The number of aromatic hydroxyl groups is 1. The number of hydrogen-bond acceptors (Lipinski definition) is 9.